The van der Waals surface area contributed by atoms with Gasteiger partial charge in [0.1, 0.15) is 5.82 Å². The largest absolute Gasteiger partial charge is 0.455 e. The van der Waals surface area contributed by atoms with Crippen LogP contribution in [0, 0.1) is 5.82 Å². The lowest BCUT2D eigenvalue weighted by Gasteiger charge is -2.06. The van der Waals surface area contributed by atoms with Crippen LogP contribution in [-0.2, 0) is 20.7 Å². The molecule has 1 aromatic rings. The van der Waals surface area contributed by atoms with E-state index in [0.717, 1.165) is 0 Å². The van der Waals surface area contributed by atoms with Crippen LogP contribution in [0.4, 0.5) is 9.18 Å². The Labute approximate surface area is 115 Å². The Morgan fingerprint density at radius 1 is 1.30 bits per heavy atom. The molecular formula is C13H15FN2O4. The Morgan fingerprint density at radius 3 is 2.70 bits per heavy atom. The van der Waals surface area contributed by atoms with Gasteiger partial charge in [-0.05, 0) is 24.6 Å². The number of hydrogen-bond donors (Lipinski definition) is 2. The van der Waals surface area contributed by atoms with Crippen LogP contribution in [0.1, 0.15) is 12.5 Å². The molecule has 0 aliphatic heterocycles. The maximum atomic E-state index is 12.9. The van der Waals surface area contributed by atoms with Crippen molar-refractivity contribution in [1.82, 2.24) is 10.6 Å². The zero-order chi connectivity index (χ0) is 15.0. The molecule has 0 heterocycles. The Balaban J connectivity index is 2.33. The summed E-state index contributed by atoms with van der Waals surface area (Å²) < 4.78 is 17.6. The molecule has 0 saturated heterocycles. The minimum Gasteiger partial charge on any atom is -0.455 e. The summed E-state index contributed by atoms with van der Waals surface area (Å²) in [5.74, 6) is -1.87. The van der Waals surface area contributed by atoms with Gasteiger partial charge in [0.25, 0.3) is 5.91 Å². The fraction of sp³-hybridized carbons (Fsp3) is 0.308. The molecular weight excluding hydrogens is 267 g/mol. The number of hydrogen-bond acceptors (Lipinski definition) is 4. The molecule has 7 heteroatoms. The average molecular weight is 282 g/mol. The smallest absolute Gasteiger partial charge is 0.321 e. The molecule has 0 aliphatic carbocycles. The minimum atomic E-state index is -0.733. The van der Waals surface area contributed by atoms with Crippen LogP contribution in [0.2, 0.25) is 0 Å². The molecule has 1 aromatic carbocycles. The molecule has 6 nitrogen and oxygen atoms in total. The van der Waals surface area contributed by atoms with Crippen molar-refractivity contribution in [2.75, 3.05) is 13.2 Å². The fourth-order valence-electron chi connectivity index (χ4n) is 1.38. The van der Waals surface area contributed by atoms with Crippen LogP contribution >= 0.6 is 0 Å². The van der Waals surface area contributed by atoms with Gasteiger partial charge in [-0.1, -0.05) is 12.1 Å². The second-order valence-corrected chi connectivity index (χ2v) is 3.88. The van der Waals surface area contributed by atoms with E-state index < -0.39 is 30.3 Å². The zero-order valence-electron chi connectivity index (χ0n) is 10.9. The van der Waals surface area contributed by atoms with Crippen molar-refractivity contribution in [3.8, 4) is 0 Å². The molecule has 0 atom stereocenters. The summed E-state index contributed by atoms with van der Waals surface area (Å²) in [7, 11) is 0. The number of ether oxygens (including phenoxy) is 1. The van der Waals surface area contributed by atoms with E-state index in [0.29, 0.717) is 12.1 Å². The Morgan fingerprint density at radius 2 is 2.05 bits per heavy atom. The third-order valence-corrected chi connectivity index (χ3v) is 2.19. The molecule has 0 aliphatic rings. The van der Waals surface area contributed by atoms with Crippen molar-refractivity contribution in [3.63, 3.8) is 0 Å². The van der Waals surface area contributed by atoms with E-state index >= 15 is 0 Å². The molecule has 0 spiro atoms. The number of halogens is 1. The fourth-order valence-corrected chi connectivity index (χ4v) is 1.38. The zero-order valence-corrected chi connectivity index (χ0v) is 10.9. The third kappa shape index (κ3) is 5.94. The summed E-state index contributed by atoms with van der Waals surface area (Å²) >= 11 is 0. The maximum absolute atomic E-state index is 12.9. The lowest BCUT2D eigenvalue weighted by molar-refractivity contribution is -0.147. The second kappa shape index (κ2) is 7.88. The molecule has 108 valence electrons. The third-order valence-electron chi connectivity index (χ3n) is 2.19. The number of imide groups is 1. The highest BCUT2D eigenvalue weighted by Crippen LogP contribution is 2.04. The lowest BCUT2D eigenvalue weighted by Crippen LogP contribution is -2.41. The number of carbonyl (C=O) groups is 3. The van der Waals surface area contributed by atoms with E-state index in [1.54, 1.807) is 13.0 Å². The van der Waals surface area contributed by atoms with Crippen molar-refractivity contribution in [2.24, 2.45) is 0 Å². The Bertz CT molecular complexity index is 505. The van der Waals surface area contributed by atoms with Crippen molar-refractivity contribution < 1.29 is 23.5 Å². The van der Waals surface area contributed by atoms with Crippen LogP contribution in [0.3, 0.4) is 0 Å². The summed E-state index contributed by atoms with van der Waals surface area (Å²) in [5.41, 5.74) is 0.444. The topological polar surface area (TPSA) is 84.5 Å². The van der Waals surface area contributed by atoms with Gasteiger partial charge in [0.2, 0.25) is 0 Å². The first-order valence-electron chi connectivity index (χ1n) is 5.99. The average Bonchev–Trinajstić information content (AvgIpc) is 2.36. The number of urea groups is 1. The van der Waals surface area contributed by atoms with Crippen LogP contribution in [0.25, 0.3) is 0 Å². The number of nitrogens with one attached hydrogen (secondary N) is 2. The lowest BCUT2D eigenvalue weighted by atomic mass is 10.1. The molecule has 20 heavy (non-hydrogen) atoms. The van der Waals surface area contributed by atoms with E-state index in [2.05, 4.69) is 10.1 Å². The predicted octanol–water partition coefficient (Wildman–Crippen LogP) is 0.757. The van der Waals surface area contributed by atoms with Crippen molar-refractivity contribution >= 4 is 17.9 Å². The highest BCUT2D eigenvalue weighted by atomic mass is 19.1. The normalized spacial score (nSPS) is 9.70. The highest BCUT2D eigenvalue weighted by molar-refractivity contribution is 5.95. The number of esters is 1. The molecule has 1 rings (SSSR count). The van der Waals surface area contributed by atoms with E-state index in [4.69, 9.17) is 0 Å². The van der Waals surface area contributed by atoms with Crippen molar-refractivity contribution in [3.05, 3.63) is 35.6 Å². The van der Waals surface area contributed by atoms with E-state index in [1.165, 1.54) is 18.2 Å². The summed E-state index contributed by atoms with van der Waals surface area (Å²) in [4.78, 5) is 33.6. The number of amides is 3. The van der Waals surface area contributed by atoms with Gasteiger partial charge in [0.05, 0.1) is 6.42 Å². The SMILES string of the molecule is CCNC(=O)NC(=O)COC(=O)Cc1cccc(F)c1. The number of carbonyl (C=O) groups excluding carboxylic acids is 3. The van der Waals surface area contributed by atoms with E-state index in [1.807, 2.05) is 5.32 Å². The predicted molar refractivity (Wildman–Crippen MR) is 68.3 cm³/mol. The van der Waals surface area contributed by atoms with Crippen molar-refractivity contribution in [1.29, 1.82) is 0 Å². The molecule has 2 N–H and O–H groups in total. The molecule has 0 bridgehead atoms. The molecule has 0 saturated carbocycles. The monoisotopic (exact) mass is 282 g/mol. The van der Waals surface area contributed by atoms with Gasteiger partial charge in [-0.2, -0.15) is 0 Å². The van der Waals surface area contributed by atoms with Gasteiger partial charge in [-0.3, -0.25) is 14.9 Å². The van der Waals surface area contributed by atoms with Crippen LogP contribution in [0.5, 0.6) is 0 Å². The van der Waals surface area contributed by atoms with Crippen LogP contribution in [0.15, 0.2) is 24.3 Å². The summed E-state index contributed by atoms with van der Waals surface area (Å²) in [6.07, 6.45) is -0.147. The highest BCUT2D eigenvalue weighted by Gasteiger charge is 2.11. The maximum Gasteiger partial charge on any atom is 0.321 e. The van der Waals surface area contributed by atoms with Gasteiger partial charge >= 0.3 is 12.0 Å². The minimum absolute atomic E-state index is 0.147. The molecule has 3 amide bonds. The molecule has 0 radical (unpaired) electrons. The van der Waals surface area contributed by atoms with Crippen molar-refractivity contribution in [2.45, 2.75) is 13.3 Å². The second-order valence-electron chi connectivity index (χ2n) is 3.88. The summed E-state index contributed by atoms with van der Waals surface area (Å²) in [6.45, 7) is 1.51. The standard InChI is InChI=1S/C13H15FN2O4/c1-2-15-13(19)16-11(17)8-20-12(18)7-9-4-3-5-10(14)6-9/h3-6H,2,7-8H2,1H3,(H2,15,16,17,19). The molecule has 0 aromatic heterocycles. The van der Waals surface area contributed by atoms with E-state index in [9.17, 15) is 18.8 Å². The molecule has 0 fully saturated rings. The van der Waals surface area contributed by atoms with Gasteiger partial charge < -0.3 is 10.1 Å². The van der Waals surface area contributed by atoms with Gasteiger partial charge in [0.15, 0.2) is 6.61 Å². The first-order valence-corrected chi connectivity index (χ1v) is 5.99. The van der Waals surface area contributed by atoms with Gasteiger partial charge in [-0.15, -0.1) is 0 Å². The Kier molecular flexibility index (Phi) is 6.15. The van der Waals surface area contributed by atoms with Crippen LogP contribution in [-0.4, -0.2) is 31.1 Å². The quantitative estimate of drug-likeness (QED) is 0.781. The van der Waals surface area contributed by atoms with E-state index in [-0.39, 0.29) is 6.42 Å². The first kappa shape index (κ1) is 15.6. The summed E-state index contributed by atoms with van der Waals surface area (Å²) in [6, 6.07) is 4.85. The molecule has 0 unspecified atom stereocenters. The number of benzene rings is 1. The summed E-state index contributed by atoms with van der Waals surface area (Å²) in [5, 5.41) is 4.34. The van der Waals surface area contributed by atoms with Gasteiger partial charge in [0, 0.05) is 6.54 Å². The Hall–Kier alpha value is -2.44. The number of rotatable bonds is 5. The first-order chi connectivity index (χ1) is 9.51. The van der Waals surface area contributed by atoms with Crippen LogP contribution < -0.4 is 10.6 Å². The van der Waals surface area contributed by atoms with Gasteiger partial charge in [-0.25, -0.2) is 9.18 Å².